The van der Waals surface area contributed by atoms with Gasteiger partial charge in [0.05, 0.1) is 30.1 Å². The van der Waals surface area contributed by atoms with Gasteiger partial charge < -0.3 is 19.3 Å². The number of benzene rings is 1. The van der Waals surface area contributed by atoms with Gasteiger partial charge in [-0.2, -0.15) is 10.4 Å². The largest absolute Gasteiger partial charge is 0.492 e. The van der Waals surface area contributed by atoms with E-state index in [1.54, 1.807) is 10.7 Å². The Bertz CT molecular complexity index is 1250. The first-order valence-electron chi connectivity index (χ1n) is 12.0. The highest BCUT2D eigenvalue weighted by atomic mass is 16.5. The molecule has 5 rings (SSSR count). The molecule has 0 bridgehead atoms. The van der Waals surface area contributed by atoms with Crippen LogP contribution in [0.4, 0.5) is 5.69 Å². The molecule has 1 amide bonds. The molecule has 2 aliphatic rings. The molecule has 180 valence electrons. The lowest BCUT2D eigenvalue weighted by Gasteiger charge is -2.35. The fraction of sp³-hybridized carbons (Fsp3) is 0.370. The van der Waals surface area contributed by atoms with Gasteiger partial charge in [0.2, 0.25) is 5.91 Å². The van der Waals surface area contributed by atoms with Crippen LogP contribution < -0.4 is 9.64 Å². The molecule has 3 aromatic rings. The Morgan fingerprint density at radius 1 is 1.20 bits per heavy atom. The number of carbonyl (C=O) groups excluding carboxylic acids is 1. The number of anilines is 1. The van der Waals surface area contributed by atoms with E-state index in [1.807, 2.05) is 17.2 Å². The van der Waals surface area contributed by atoms with Crippen molar-refractivity contribution in [3.63, 3.8) is 0 Å². The van der Waals surface area contributed by atoms with Crippen molar-refractivity contribution in [3.8, 4) is 22.9 Å². The van der Waals surface area contributed by atoms with Gasteiger partial charge in [-0.25, -0.2) is 4.52 Å². The SMILES string of the molecule is C=CC(=O)N1CCN(c2ccc(-c3cc(OCC4CCOCC4)cn4ncc(C#N)c34)cc2)CC1. The molecule has 2 aliphatic heterocycles. The van der Waals surface area contributed by atoms with Crippen LogP contribution in [0, 0.1) is 17.2 Å². The van der Waals surface area contributed by atoms with E-state index in [1.165, 1.54) is 6.08 Å². The number of nitriles is 1. The smallest absolute Gasteiger partial charge is 0.246 e. The van der Waals surface area contributed by atoms with Crippen molar-refractivity contribution >= 4 is 17.1 Å². The maximum atomic E-state index is 11.9. The minimum atomic E-state index is -0.0166. The highest BCUT2D eigenvalue weighted by Gasteiger charge is 2.20. The molecule has 2 aromatic heterocycles. The van der Waals surface area contributed by atoms with Crippen molar-refractivity contribution in [2.24, 2.45) is 5.92 Å². The maximum Gasteiger partial charge on any atom is 0.246 e. The summed E-state index contributed by atoms with van der Waals surface area (Å²) in [6.07, 6.45) is 6.83. The number of aromatic nitrogens is 2. The van der Waals surface area contributed by atoms with Crippen LogP contribution in [-0.2, 0) is 9.53 Å². The van der Waals surface area contributed by atoms with Crippen molar-refractivity contribution in [2.45, 2.75) is 12.8 Å². The van der Waals surface area contributed by atoms with E-state index in [0.29, 0.717) is 31.2 Å². The first-order chi connectivity index (χ1) is 17.2. The van der Waals surface area contributed by atoms with Crippen molar-refractivity contribution in [1.29, 1.82) is 5.26 Å². The summed E-state index contributed by atoms with van der Waals surface area (Å²) < 4.78 is 13.4. The highest BCUT2D eigenvalue weighted by molar-refractivity contribution is 5.87. The van der Waals surface area contributed by atoms with Gasteiger partial charge in [-0.15, -0.1) is 0 Å². The molecule has 8 heteroatoms. The van der Waals surface area contributed by atoms with Crippen molar-refractivity contribution in [3.05, 3.63) is 60.9 Å². The van der Waals surface area contributed by atoms with Crippen LogP contribution in [0.25, 0.3) is 16.6 Å². The number of fused-ring (bicyclic) bond motifs is 1. The number of hydrogen-bond acceptors (Lipinski definition) is 6. The summed E-state index contributed by atoms with van der Waals surface area (Å²) in [5.74, 6) is 1.20. The van der Waals surface area contributed by atoms with Crippen molar-refractivity contribution in [2.75, 3.05) is 50.9 Å². The third kappa shape index (κ3) is 4.86. The van der Waals surface area contributed by atoms with Crippen LogP contribution in [0.5, 0.6) is 5.75 Å². The average molecular weight is 472 g/mol. The molecule has 0 N–H and O–H groups in total. The second kappa shape index (κ2) is 10.2. The van der Waals surface area contributed by atoms with Gasteiger partial charge >= 0.3 is 0 Å². The van der Waals surface area contributed by atoms with Gasteiger partial charge in [-0.05, 0) is 48.6 Å². The zero-order chi connectivity index (χ0) is 24.2. The molecule has 2 saturated heterocycles. The van der Waals surface area contributed by atoms with Gasteiger partial charge in [-0.1, -0.05) is 18.7 Å². The number of nitrogens with zero attached hydrogens (tertiary/aromatic N) is 5. The summed E-state index contributed by atoms with van der Waals surface area (Å²) in [5.41, 5.74) is 4.32. The van der Waals surface area contributed by atoms with Crippen LogP contribution in [0.1, 0.15) is 18.4 Å². The standard InChI is InChI=1S/C27H29N5O3/c1-2-26(33)31-11-9-30(10-12-31)23-5-3-21(4-6-23)25-15-24(35-19-20-7-13-34-14-8-20)18-32-27(25)22(16-28)17-29-32/h2-6,15,17-18,20H,1,7-14,19H2. The first kappa shape index (κ1) is 22.9. The lowest BCUT2D eigenvalue weighted by molar-refractivity contribution is -0.126. The predicted octanol–water partition coefficient (Wildman–Crippen LogP) is 3.51. The number of rotatable bonds is 6. The van der Waals surface area contributed by atoms with Crippen LogP contribution in [-0.4, -0.2) is 66.4 Å². The fourth-order valence-corrected chi connectivity index (χ4v) is 4.77. The summed E-state index contributed by atoms with van der Waals surface area (Å²) in [5, 5.41) is 14.0. The van der Waals surface area contributed by atoms with Crippen LogP contribution >= 0.6 is 0 Å². The Kier molecular flexibility index (Phi) is 6.68. The minimum absolute atomic E-state index is 0.0166. The Hall–Kier alpha value is -3.83. The minimum Gasteiger partial charge on any atom is -0.492 e. The molecule has 0 atom stereocenters. The molecule has 1 aromatic carbocycles. The number of ether oxygens (including phenoxy) is 2. The van der Waals surface area contributed by atoms with Crippen LogP contribution in [0.3, 0.4) is 0 Å². The van der Waals surface area contributed by atoms with E-state index in [2.05, 4.69) is 46.9 Å². The van der Waals surface area contributed by atoms with Gasteiger partial charge in [0.25, 0.3) is 0 Å². The van der Waals surface area contributed by atoms with Crippen molar-refractivity contribution < 1.29 is 14.3 Å². The molecule has 0 unspecified atom stereocenters. The molecule has 2 fully saturated rings. The molecule has 0 radical (unpaired) electrons. The fourth-order valence-electron chi connectivity index (χ4n) is 4.77. The maximum absolute atomic E-state index is 11.9. The summed E-state index contributed by atoms with van der Waals surface area (Å²) in [6, 6.07) is 12.6. The second-order valence-corrected chi connectivity index (χ2v) is 8.98. The molecule has 4 heterocycles. The molecule has 0 spiro atoms. The van der Waals surface area contributed by atoms with E-state index >= 15 is 0 Å². The Morgan fingerprint density at radius 2 is 1.94 bits per heavy atom. The second-order valence-electron chi connectivity index (χ2n) is 8.98. The number of pyridine rings is 1. The number of carbonyl (C=O) groups is 1. The summed E-state index contributed by atoms with van der Waals surface area (Å²) in [7, 11) is 0. The first-order valence-corrected chi connectivity index (χ1v) is 12.0. The van der Waals surface area contributed by atoms with E-state index in [9.17, 15) is 10.1 Å². The highest BCUT2D eigenvalue weighted by Crippen LogP contribution is 2.32. The van der Waals surface area contributed by atoms with Gasteiger partial charge in [0, 0.05) is 50.6 Å². The lowest BCUT2D eigenvalue weighted by atomic mass is 10.0. The van der Waals surface area contributed by atoms with Gasteiger partial charge in [0.15, 0.2) is 0 Å². The summed E-state index contributed by atoms with van der Waals surface area (Å²) in [4.78, 5) is 16.0. The number of hydrogen-bond donors (Lipinski definition) is 0. The quantitative estimate of drug-likeness (QED) is 0.512. The van der Waals surface area contributed by atoms with E-state index < -0.39 is 0 Å². The topological polar surface area (TPSA) is 83.1 Å². The third-order valence-corrected chi connectivity index (χ3v) is 6.84. The van der Waals surface area contributed by atoms with Crippen molar-refractivity contribution in [1.82, 2.24) is 14.5 Å². The number of amides is 1. The Balaban J connectivity index is 1.38. The van der Waals surface area contributed by atoms with E-state index in [4.69, 9.17) is 9.47 Å². The monoisotopic (exact) mass is 471 g/mol. The molecule has 8 nitrogen and oxygen atoms in total. The molecular formula is C27H29N5O3. The zero-order valence-corrected chi connectivity index (χ0v) is 19.7. The molecule has 35 heavy (non-hydrogen) atoms. The molecule has 0 saturated carbocycles. The molecular weight excluding hydrogens is 442 g/mol. The third-order valence-electron chi connectivity index (χ3n) is 6.84. The zero-order valence-electron chi connectivity index (χ0n) is 19.7. The van der Waals surface area contributed by atoms with E-state index in [0.717, 1.165) is 67.2 Å². The summed E-state index contributed by atoms with van der Waals surface area (Å²) in [6.45, 7) is 8.71. The molecule has 0 aliphatic carbocycles. The van der Waals surface area contributed by atoms with Gasteiger partial charge in [-0.3, -0.25) is 4.79 Å². The van der Waals surface area contributed by atoms with E-state index in [-0.39, 0.29) is 5.91 Å². The number of piperazine rings is 1. The Labute approximate surface area is 205 Å². The normalized spacial score (nSPS) is 16.8. The van der Waals surface area contributed by atoms with Gasteiger partial charge in [0.1, 0.15) is 11.8 Å². The Morgan fingerprint density at radius 3 is 2.63 bits per heavy atom. The average Bonchev–Trinajstić information content (AvgIpc) is 3.35. The predicted molar refractivity (Wildman–Crippen MR) is 133 cm³/mol. The summed E-state index contributed by atoms with van der Waals surface area (Å²) >= 11 is 0. The van der Waals surface area contributed by atoms with Crippen LogP contribution in [0.2, 0.25) is 0 Å². The lowest BCUT2D eigenvalue weighted by Crippen LogP contribution is -2.48. The van der Waals surface area contributed by atoms with Crippen LogP contribution in [0.15, 0.2) is 55.4 Å².